The van der Waals surface area contributed by atoms with Crippen LogP contribution in [0.5, 0.6) is 0 Å². The first kappa shape index (κ1) is 13.1. The largest absolute Gasteiger partial charge is 0.441 e. The number of nitrogens with one attached hydrogen (secondary N) is 1. The smallest absolute Gasteiger partial charge is 0.253 e. The van der Waals surface area contributed by atoms with Crippen molar-refractivity contribution in [1.82, 2.24) is 4.98 Å². The Labute approximate surface area is 117 Å². The first-order chi connectivity index (χ1) is 9.67. The van der Waals surface area contributed by atoms with Crippen LogP contribution in [-0.2, 0) is 16.0 Å². The number of ether oxygens (including phenoxy) is 1. The molecule has 0 saturated carbocycles. The van der Waals surface area contributed by atoms with Gasteiger partial charge < -0.3 is 14.5 Å². The van der Waals surface area contributed by atoms with E-state index in [1.165, 1.54) is 0 Å². The molecule has 2 aromatic rings. The first-order valence-electron chi connectivity index (χ1n) is 6.99. The lowest BCUT2D eigenvalue weighted by atomic mass is 10.0. The predicted molar refractivity (Wildman–Crippen MR) is 75.5 cm³/mol. The highest BCUT2D eigenvalue weighted by Gasteiger charge is 2.30. The molecule has 1 saturated heterocycles. The lowest BCUT2D eigenvalue weighted by Crippen LogP contribution is -2.31. The van der Waals surface area contributed by atoms with E-state index in [4.69, 9.17) is 9.15 Å². The SMILES string of the molecule is CCc1nc2cc(NC(=O)C3OCCC3C)ccc2o1. The van der Waals surface area contributed by atoms with E-state index < -0.39 is 0 Å². The zero-order valence-electron chi connectivity index (χ0n) is 11.7. The Morgan fingerprint density at radius 1 is 1.50 bits per heavy atom. The van der Waals surface area contributed by atoms with E-state index in [9.17, 15) is 4.79 Å². The van der Waals surface area contributed by atoms with Crippen LogP contribution in [0.1, 0.15) is 26.2 Å². The third kappa shape index (κ3) is 2.41. The van der Waals surface area contributed by atoms with Gasteiger partial charge in [-0.1, -0.05) is 13.8 Å². The topological polar surface area (TPSA) is 64.4 Å². The molecule has 2 atom stereocenters. The molecule has 3 rings (SSSR count). The van der Waals surface area contributed by atoms with Crippen LogP contribution in [0.4, 0.5) is 5.69 Å². The molecule has 0 aliphatic carbocycles. The number of oxazole rings is 1. The van der Waals surface area contributed by atoms with E-state index in [1.807, 2.05) is 32.0 Å². The molecule has 0 spiro atoms. The molecule has 5 nitrogen and oxygen atoms in total. The van der Waals surface area contributed by atoms with Crippen molar-refractivity contribution in [2.45, 2.75) is 32.8 Å². The van der Waals surface area contributed by atoms with Gasteiger partial charge in [0, 0.05) is 18.7 Å². The Kier molecular flexibility index (Phi) is 3.44. The summed E-state index contributed by atoms with van der Waals surface area (Å²) in [6, 6.07) is 5.48. The Bertz CT molecular complexity index is 635. The van der Waals surface area contributed by atoms with Crippen molar-refractivity contribution in [3.8, 4) is 0 Å². The third-order valence-electron chi connectivity index (χ3n) is 3.65. The van der Waals surface area contributed by atoms with E-state index in [0.717, 1.165) is 29.6 Å². The molecule has 1 aromatic carbocycles. The molecule has 1 aliphatic heterocycles. The standard InChI is InChI=1S/C15H18N2O3/c1-3-13-17-11-8-10(4-5-12(11)20-13)16-15(18)14-9(2)6-7-19-14/h4-5,8-9,14H,3,6-7H2,1-2H3,(H,16,18). The van der Waals surface area contributed by atoms with Crippen LogP contribution in [0.2, 0.25) is 0 Å². The number of carbonyl (C=O) groups is 1. The van der Waals surface area contributed by atoms with Crippen LogP contribution in [0, 0.1) is 5.92 Å². The van der Waals surface area contributed by atoms with E-state index >= 15 is 0 Å². The number of anilines is 1. The third-order valence-corrected chi connectivity index (χ3v) is 3.65. The number of aryl methyl sites for hydroxylation is 1. The van der Waals surface area contributed by atoms with Gasteiger partial charge in [-0.25, -0.2) is 4.98 Å². The summed E-state index contributed by atoms with van der Waals surface area (Å²) in [6.07, 6.45) is 1.33. The van der Waals surface area contributed by atoms with Gasteiger partial charge in [0.25, 0.3) is 5.91 Å². The summed E-state index contributed by atoms with van der Waals surface area (Å²) < 4.78 is 11.0. The number of aromatic nitrogens is 1. The minimum absolute atomic E-state index is 0.0893. The van der Waals surface area contributed by atoms with Crippen LogP contribution < -0.4 is 5.32 Å². The van der Waals surface area contributed by atoms with E-state index in [0.29, 0.717) is 12.5 Å². The highest BCUT2D eigenvalue weighted by Crippen LogP contribution is 2.23. The van der Waals surface area contributed by atoms with Crippen LogP contribution in [0.25, 0.3) is 11.1 Å². The molecule has 0 radical (unpaired) electrons. The summed E-state index contributed by atoms with van der Waals surface area (Å²) in [7, 11) is 0. The molecular weight excluding hydrogens is 256 g/mol. The summed E-state index contributed by atoms with van der Waals surface area (Å²) in [5, 5.41) is 2.89. The number of benzene rings is 1. The molecule has 106 valence electrons. The van der Waals surface area contributed by atoms with Gasteiger partial charge in [0.1, 0.15) is 11.6 Å². The number of hydrogen-bond donors (Lipinski definition) is 1. The molecular formula is C15H18N2O3. The summed E-state index contributed by atoms with van der Waals surface area (Å²) in [4.78, 5) is 16.5. The minimum atomic E-state index is -0.353. The zero-order chi connectivity index (χ0) is 14.1. The Morgan fingerprint density at radius 3 is 3.05 bits per heavy atom. The summed E-state index contributed by atoms with van der Waals surface area (Å²) >= 11 is 0. The maximum Gasteiger partial charge on any atom is 0.253 e. The molecule has 20 heavy (non-hydrogen) atoms. The maximum absolute atomic E-state index is 12.1. The second-order valence-electron chi connectivity index (χ2n) is 5.19. The summed E-state index contributed by atoms with van der Waals surface area (Å²) in [5.41, 5.74) is 2.23. The number of rotatable bonds is 3. The van der Waals surface area contributed by atoms with Crippen molar-refractivity contribution < 1.29 is 13.9 Å². The van der Waals surface area contributed by atoms with Crippen molar-refractivity contribution in [3.63, 3.8) is 0 Å². The highest BCUT2D eigenvalue weighted by atomic mass is 16.5. The average molecular weight is 274 g/mol. The quantitative estimate of drug-likeness (QED) is 0.934. The van der Waals surface area contributed by atoms with Gasteiger partial charge in [0.2, 0.25) is 0 Å². The Balaban J connectivity index is 1.78. The molecule has 1 aromatic heterocycles. The predicted octanol–water partition coefficient (Wildman–Crippen LogP) is 2.75. The van der Waals surface area contributed by atoms with Crippen LogP contribution >= 0.6 is 0 Å². The van der Waals surface area contributed by atoms with E-state index in [1.54, 1.807) is 0 Å². The van der Waals surface area contributed by atoms with Crippen molar-refractivity contribution >= 4 is 22.7 Å². The summed E-state index contributed by atoms with van der Waals surface area (Å²) in [6.45, 7) is 4.68. The van der Waals surface area contributed by atoms with Gasteiger partial charge in [-0.05, 0) is 30.5 Å². The van der Waals surface area contributed by atoms with Gasteiger partial charge in [-0.15, -0.1) is 0 Å². The Morgan fingerprint density at radius 2 is 2.35 bits per heavy atom. The molecule has 1 N–H and O–H groups in total. The van der Waals surface area contributed by atoms with Crippen LogP contribution in [-0.4, -0.2) is 23.6 Å². The van der Waals surface area contributed by atoms with Crippen molar-refractivity contribution in [2.24, 2.45) is 5.92 Å². The molecule has 1 aliphatic rings. The van der Waals surface area contributed by atoms with Crippen molar-refractivity contribution in [3.05, 3.63) is 24.1 Å². The highest BCUT2D eigenvalue weighted by molar-refractivity contribution is 5.96. The molecule has 2 unspecified atom stereocenters. The maximum atomic E-state index is 12.1. The average Bonchev–Trinajstić information content (AvgIpc) is 3.03. The van der Waals surface area contributed by atoms with Gasteiger partial charge in [0.15, 0.2) is 11.5 Å². The summed E-state index contributed by atoms with van der Waals surface area (Å²) in [5.74, 6) is 0.877. The molecule has 2 heterocycles. The number of carbonyl (C=O) groups excluding carboxylic acids is 1. The van der Waals surface area contributed by atoms with Crippen molar-refractivity contribution in [2.75, 3.05) is 11.9 Å². The van der Waals surface area contributed by atoms with E-state index in [2.05, 4.69) is 10.3 Å². The van der Waals surface area contributed by atoms with Crippen LogP contribution in [0.15, 0.2) is 22.6 Å². The fourth-order valence-electron chi connectivity index (χ4n) is 2.45. The Hall–Kier alpha value is -1.88. The fraction of sp³-hybridized carbons (Fsp3) is 0.467. The minimum Gasteiger partial charge on any atom is -0.441 e. The molecule has 5 heteroatoms. The van der Waals surface area contributed by atoms with Crippen molar-refractivity contribution in [1.29, 1.82) is 0 Å². The number of amides is 1. The lowest BCUT2D eigenvalue weighted by Gasteiger charge is -2.14. The molecule has 1 amide bonds. The first-order valence-corrected chi connectivity index (χ1v) is 6.99. The monoisotopic (exact) mass is 274 g/mol. The molecule has 1 fully saturated rings. The number of hydrogen-bond acceptors (Lipinski definition) is 4. The number of fused-ring (bicyclic) bond motifs is 1. The second-order valence-corrected chi connectivity index (χ2v) is 5.19. The van der Waals surface area contributed by atoms with Gasteiger partial charge in [-0.3, -0.25) is 4.79 Å². The number of nitrogens with zero attached hydrogens (tertiary/aromatic N) is 1. The van der Waals surface area contributed by atoms with Gasteiger partial charge in [-0.2, -0.15) is 0 Å². The van der Waals surface area contributed by atoms with Gasteiger partial charge >= 0.3 is 0 Å². The fourth-order valence-corrected chi connectivity index (χ4v) is 2.45. The van der Waals surface area contributed by atoms with Gasteiger partial charge in [0.05, 0.1) is 0 Å². The van der Waals surface area contributed by atoms with Crippen LogP contribution in [0.3, 0.4) is 0 Å². The normalized spacial score (nSPS) is 22.3. The lowest BCUT2D eigenvalue weighted by molar-refractivity contribution is -0.126. The second kappa shape index (κ2) is 5.25. The molecule has 0 bridgehead atoms. The zero-order valence-corrected chi connectivity index (χ0v) is 11.7. The van der Waals surface area contributed by atoms with E-state index in [-0.39, 0.29) is 17.9 Å².